The summed E-state index contributed by atoms with van der Waals surface area (Å²) in [6.45, 7) is 10.9. The van der Waals surface area contributed by atoms with Crippen molar-refractivity contribution in [3.05, 3.63) is 15.9 Å². The molecule has 0 atom stereocenters. The molecule has 0 aliphatic heterocycles. The van der Waals surface area contributed by atoms with Gasteiger partial charge < -0.3 is 0 Å². The van der Waals surface area contributed by atoms with Gasteiger partial charge in [0.15, 0.2) is 0 Å². The van der Waals surface area contributed by atoms with Crippen molar-refractivity contribution in [1.29, 1.82) is 0 Å². The second kappa shape index (κ2) is 5.53. The number of nitrogens with zero attached hydrogens (tertiary/aromatic N) is 3. The summed E-state index contributed by atoms with van der Waals surface area (Å²) in [6, 6.07) is 0. The zero-order valence-electron chi connectivity index (χ0n) is 11.8. The Labute approximate surface area is 113 Å². The minimum Gasteiger partial charge on any atom is -0.300 e. The standard InChI is InChI=1S/C13H24BrN3/c1-7-10-12(14)11(17(6)15-10)8-16(5)9-13(2,3)4/h7-9H2,1-6H3. The van der Waals surface area contributed by atoms with Crippen LogP contribution in [0.4, 0.5) is 0 Å². The molecule has 98 valence electrons. The van der Waals surface area contributed by atoms with E-state index >= 15 is 0 Å². The van der Waals surface area contributed by atoms with Gasteiger partial charge in [0.25, 0.3) is 0 Å². The SMILES string of the molecule is CCc1nn(C)c(CN(C)CC(C)(C)C)c1Br. The van der Waals surface area contributed by atoms with E-state index in [1.54, 1.807) is 0 Å². The highest BCUT2D eigenvalue weighted by atomic mass is 79.9. The predicted molar refractivity (Wildman–Crippen MR) is 76.1 cm³/mol. The highest BCUT2D eigenvalue weighted by Crippen LogP contribution is 2.23. The van der Waals surface area contributed by atoms with Gasteiger partial charge in [0.2, 0.25) is 0 Å². The molecule has 0 fully saturated rings. The summed E-state index contributed by atoms with van der Waals surface area (Å²) in [5, 5.41) is 4.52. The molecule has 1 rings (SSSR count). The average molecular weight is 302 g/mol. The van der Waals surface area contributed by atoms with Crippen LogP contribution < -0.4 is 0 Å². The summed E-state index contributed by atoms with van der Waals surface area (Å²) in [4.78, 5) is 2.35. The fraction of sp³-hybridized carbons (Fsp3) is 0.769. The maximum absolute atomic E-state index is 4.52. The van der Waals surface area contributed by atoms with Gasteiger partial charge in [-0.1, -0.05) is 27.7 Å². The maximum Gasteiger partial charge on any atom is 0.0767 e. The fourth-order valence-corrected chi connectivity index (χ4v) is 2.85. The van der Waals surface area contributed by atoms with Crippen molar-refractivity contribution in [3.63, 3.8) is 0 Å². The molecule has 0 aliphatic carbocycles. The first-order valence-electron chi connectivity index (χ1n) is 6.13. The Bertz CT molecular complexity index is 377. The van der Waals surface area contributed by atoms with Crippen LogP contribution in [0.15, 0.2) is 4.47 Å². The molecule has 0 unspecified atom stereocenters. The van der Waals surface area contributed by atoms with Crippen molar-refractivity contribution in [2.45, 2.75) is 40.7 Å². The lowest BCUT2D eigenvalue weighted by atomic mass is 9.96. The molecule has 0 saturated carbocycles. The lowest BCUT2D eigenvalue weighted by molar-refractivity contribution is 0.216. The van der Waals surface area contributed by atoms with Gasteiger partial charge in [0.05, 0.1) is 15.9 Å². The number of halogens is 1. The number of hydrogen-bond donors (Lipinski definition) is 0. The van der Waals surface area contributed by atoms with Crippen molar-refractivity contribution >= 4 is 15.9 Å². The molecule has 0 bridgehead atoms. The first-order chi connectivity index (χ1) is 7.74. The summed E-state index contributed by atoms with van der Waals surface area (Å²) in [5.74, 6) is 0. The zero-order chi connectivity index (χ0) is 13.2. The third kappa shape index (κ3) is 4.11. The summed E-state index contributed by atoms with van der Waals surface area (Å²) in [6.07, 6.45) is 0.970. The van der Waals surface area contributed by atoms with Gasteiger partial charge in [-0.15, -0.1) is 0 Å². The van der Waals surface area contributed by atoms with Crippen LogP contribution in [0.5, 0.6) is 0 Å². The minimum absolute atomic E-state index is 0.327. The lowest BCUT2D eigenvalue weighted by Gasteiger charge is -2.26. The van der Waals surface area contributed by atoms with Crippen LogP contribution in [0.2, 0.25) is 0 Å². The van der Waals surface area contributed by atoms with Gasteiger partial charge in [-0.05, 0) is 34.8 Å². The summed E-state index contributed by atoms with van der Waals surface area (Å²) >= 11 is 3.66. The molecule has 3 nitrogen and oxygen atoms in total. The van der Waals surface area contributed by atoms with E-state index in [-0.39, 0.29) is 0 Å². The third-order valence-electron chi connectivity index (χ3n) is 2.67. The second-order valence-electron chi connectivity index (χ2n) is 5.92. The Morgan fingerprint density at radius 2 is 1.94 bits per heavy atom. The van der Waals surface area contributed by atoms with Crippen molar-refractivity contribution < 1.29 is 0 Å². The Hall–Kier alpha value is -0.350. The van der Waals surface area contributed by atoms with Crippen LogP contribution in [0.25, 0.3) is 0 Å². The number of aryl methyl sites for hydroxylation is 2. The topological polar surface area (TPSA) is 21.1 Å². The molecule has 0 amide bonds. The normalized spacial score (nSPS) is 12.5. The van der Waals surface area contributed by atoms with E-state index in [0.717, 1.165) is 25.2 Å². The predicted octanol–water partition coefficient (Wildman–Crippen LogP) is 3.22. The van der Waals surface area contributed by atoms with E-state index in [0.29, 0.717) is 5.41 Å². The van der Waals surface area contributed by atoms with E-state index < -0.39 is 0 Å². The third-order valence-corrected chi connectivity index (χ3v) is 3.58. The molecular weight excluding hydrogens is 278 g/mol. The minimum atomic E-state index is 0.327. The molecule has 0 spiro atoms. The molecule has 1 aromatic heterocycles. The molecule has 4 heteroatoms. The van der Waals surface area contributed by atoms with E-state index in [2.05, 4.69) is 60.7 Å². The van der Waals surface area contributed by atoms with Crippen molar-refractivity contribution in [3.8, 4) is 0 Å². The molecule has 0 saturated heterocycles. The second-order valence-corrected chi connectivity index (χ2v) is 6.71. The largest absolute Gasteiger partial charge is 0.300 e. The highest BCUT2D eigenvalue weighted by Gasteiger charge is 2.17. The number of hydrogen-bond acceptors (Lipinski definition) is 2. The lowest BCUT2D eigenvalue weighted by Crippen LogP contribution is -2.29. The van der Waals surface area contributed by atoms with E-state index in [4.69, 9.17) is 0 Å². The Balaban J connectivity index is 2.78. The fourth-order valence-electron chi connectivity index (χ4n) is 2.11. The van der Waals surface area contributed by atoms with Crippen LogP contribution >= 0.6 is 15.9 Å². The van der Waals surface area contributed by atoms with Gasteiger partial charge in [-0.3, -0.25) is 9.58 Å². The molecule has 1 aromatic rings. The van der Waals surface area contributed by atoms with Crippen LogP contribution in [0.3, 0.4) is 0 Å². The van der Waals surface area contributed by atoms with E-state index in [9.17, 15) is 0 Å². The Morgan fingerprint density at radius 1 is 1.35 bits per heavy atom. The molecule has 0 aromatic carbocycles. The van der Waals surface area contributed by atoms with E-state index in [1.807, 2.05) is 11.7 Å². The maximum atomic E-state index is 4.52. The number of rotatable bonds is 4. The van der Waals surface area contributed by atoms with Gasteiger partial charge in [-0.2, -0.15) is 5.10 Å². The van der Waals surface area contributed by atoms with Gasteiger partial charge in [0, 0.05) is 20.1 Å². The van der Waals surface area contributed by atoms with Gasteiger partial charge in [-0.25, -0.2) is 0 Å². The molecule has 1 heterocycles. The molecule has 0 radical (unpaired) electrons. The Kier molecular flexibility index (Phi) is 4.78. The molecule has 17 heavy (non-hydrogen) atoms. The summed E-state index contributed by atoms with van der Waals surface area (Å²) < 4.78 is 3.16. The smallest absolute Gasteiger partial charge is 0.0767 e. The van der Waals surface area contributed by atoms with Crippen molar-refractivity contribution in [2.24, 2.45) is 12.5 Å². The van der Waals surface area contributed by atoms with Crippen LogP contribution in [-0.2, 0) is 20.0 Å². The summed E-state index contributed by atoms with van der Waals surface area (Å²) in [7, 11) is 4.18. The monoisotopic (exact) mass is 301 g/mol. The number of aromatic nitrogens is 2. The molecular formula is C13H24BrN3. The summed E-state index contributed by atoms with van der Waals surface area (Å²) in [5.41, 5.74) is 2.73. The molecule has 0 N–H and O–H groups in total. The Morgan fingerprint density at radius 3 is 2.35 bits per heavy atom. The first kappa shape index (κ1) is 14.7. The average Bonchev–Trinajstić information content (AvgIpc) is 2.42. The van der Waals surface area contributed by atoms with Gasteiger partial charge in [0.1, 0.15) is 0 Å². The zero-order valence-corrected chi connectivity index (χ0v) is 13.4. The van der Waals surface area contributed by atoms with Crippen LogP contribution in [-0.4, -0.2) is 28.3 Å². The quantitative estimate of drug-likeness (QED) is 0.851. The van der Waals surface area contributed by atoms with E-state index in [1.165, 1.54) is 10.2 Å². The molecule has 0 aliphatic rings. The van der Waals surface area contributed by atoms with Crippen molar-refractivity contribution in [2.75, 3.05) is 13.6 Å². The van der Waals surface area contributed by atoms with Gasteiger partial charge >= 0.3 is 0 Å². The first-order valence-corrected chi connectivity index (χ1v) is 6.92. The van der Waals surface area contributed by atoms with Crippen LogP contribution in [0.1, 0.15) is 39.1 Å². The highest BCUT2D eigenvalue weighted by molar-refractivity contribution is 9.10. The van der Waals surface area contributed by atoms with Crippen LogP contribution in [0, 0.1) is 5.41 Å². The van der Waals surface area contributed by atoms with Crippen molar-refractivity contribution in [1.82, 2.24) is 14.7 Å².